The number of nitrogens with zero attached hydrogens (tertiary/aromatic N) is 3. The van der Waals surface area contributed by atoms with Gasteiger partial charge in [0.25, 0.3) is 10.0 Å². The van der Waals surface area contributed by atoms with Crippen LogP contribution in [0.15, 0.2) is 11.2 Å². The zero-order valence-corrected chi connectivity index (χ0v) is 13.0. The molecule has 7 heteroatoms. The van der Waals surface area contributed by atoms with Crippen LogP contribution in [0.25, 0.3) is 0 Å². The summed E-state index contributed by atoms with van der Waals surface area (Å²) in [7, 11) is -3.39. The number of hydrogen-bond donors (Lipinski definition) is 1. The van der Waals surface area contributed by atoms with Gasteiger partial charge in [0.2, 0.25) is 0 Å². The second kappa shape index (κ2) is 4.79. The Kier molecular flexibility index (Phi) is 3.13. The van der Waals surface area contributed by atoms with Gasteiger partial charge in [0.05, 0.1) is 6.20 Å². The number of aryl methyl sites for hydroxylation is 1. The number of aromatic nitrogens is 2. The van der Waals surface area contributed by atoms with Crippen LogP contribution in [0.2, 0.25) is 0 Å². The molecular formula is C14H22N4O2S. The maximum absolute atomic E-state index is 12.9. The molecule has 1 N–H and O–H groups in total. The number of imidazole rings is 1. The minimum Gasteiger partial charge on any atom is -0.318 e. The highest BCUT2D eigenvalue weighted by Crippen LogP contribution is 2.33. The molecule has 0 radical (unpaired) electrons. The van der Waals surface area contributed by atoms with Crippen molar-refractivity contribution in [1.29, 1.82) is 0 Å². The van der Waals surface area contributed by atoms with Crippen LogP contribution >= 0.6 is 0 Å². The van der Waals surface area contributed by atoms with Gasteiger partial charge in [-0.25, -0.2) is 13.4 Å². The maximum atomic E-state index is 12.9. The number of fused-ring (bicyclic) bond motifs is 1. The van der Waals surface area contributed by atoms with Gasteiger partial charge in [-0.15, -0.1) is 0 Å². The summed E-state index contributed by atoms with van der Waals surface area (Å²) in [6, 6.07) is 0. The van der Waals surface area contributed by atoms with Crippen LogP contribution in [0.4, 0.5) is 0 Å². The van der Waals surface area contributed by atoms with Crippen molar-refractivity contribution in [3.8, 4) is 0 Å². The molecule has 3 aliphatic rings. The summed E-state index contributed by atoms with van der Waals surface area (Å²) in [5.74, 6) is 0.925. The molecule has 0 amide bonds. The lowest BCUT2D eigenvalue weighted by Gasteiger charge is -2.48. The van der Waals surface area contributed by atoms with E-state index in [0.717, 1.165) is 51.0 Å². The highest BCUT2D eigenvalue weighted by molar-refractivity contribution is 7.89. The highest BCUT2D eigenvalue weighted by atomic mass is 32.2. The van der Waals surface area contributed by atoms with Crippen molar-refractivity contribution >= 4 is 10.0 Å². The average molecular weight is 310 g/mol. The largest absolute Gasteiger partial charge is 0.318 e. The number of hydrogen-bond acceptors (Lipinski definition) is 4. The third kappa shape index (κ3) is 2.13. The van der Waals surface area contributed by atoms with E-state index in [1.54, 1.807) is 10.5 Å². The van der Waals surface area contributed by atoms with Crippen LogP contribution in [0, 0.1) is 0 Å². The third-order valence-electron chi connectivity index (χ3n) is 5.32. The van der Waals surface area contributed by atoms with Crippen LogP contribution in [-0.2, 0) is 23.0 Å². The summed E-state index contributed by atoms with van der Waals surface area (Å²) in [5, 5.41) is 3.88. The Morgan fingerprint density at radius 2 is 1.90 bits per heavy atom. The lowest BCUT2D eigenvalue weighted by Crippen LogP contribution is -2.62. The van der Waals surface area contributed by atoms with Crippen molar-refractivity contribution in [2.75, 3.05) is 19.6 Å². The molecule has 0 saturated carbocycles. The predicted octanol–water partition coefficient (Wildman–Crippen LogP) is 0.736. The molecule has 2 saturated heterocycles. The molecule has 2 fully saturated rings. The first kappa shape index (κ1) is 13.7. The summed E-state index contributed by atoms with van der Waals surface area (Å²) < 4.78 is 29.3. The van der Waals surface area contributed by atoms with Gasteiger partial charge in [-0.2, -0.15) is 4.31 Å². The first-order valence-corrected chi connectivity index (χ1v) is 9.34. The molecule has 4 heterocycles. The van der Waals surface area contributed by atoms with E-state index in [1.165, 1.54) is 6.42 Å². The fourth-order valence-electron chi connectivity index (χ4n) is 3.79. The summed E-state index contributed by atoms with van der Waals surface area (Å²) >= 11 is 0. The molecule has 0 aromatic carbocycles. The van der Waals surface area contributed by atoms with Gasteiger partial charge in [0.15, 0.2) is 5.03 Å². The van der Waals surface area contributed by atoms with E-state index < -0.39 is 10.0 Å². The van der Waals surface area contributed by atoms with Crippen LogP contribution in [0.1, 0.15) is 37.9 Å². The maximum Gasteiger partial charge on any atom is 0.260 e. The van der Waals surface area contributed by atoms with Crippen LogP contribution in [-0.4, -0.2) is 47.4 Å². The Labute approximate surface area is 125 Å². The SMILES string of the molecule is O=S(=O)(c1cnc2n1CCCC2)N1CCC2(CCN2)CC1. The first-order valence-electron chi connectivity index (χ1n) is 7.90. The topological polar surface area (TPSA) is 67.2 Å². The lowest BCUT2D eigenvalue weighted by molar-refractivity contribution is 0.121. The molecule has 3 aliphatic heterocycles. The Morgan fingerprint density at radius 3 is 2.57 bits per heavy atom. The molecule has 1 aromatic heterocycles. The zero-order chi connectivity index (χ0) is 14.5. The highest BCUT2D eigenvalue weighted by Gasteiger charge is 2.42. The zero-order valence-electron chi connectivity index (χ0n) is 12.2. The van der Waals surface area contributed by atoms with Gasteiger partial charge in [-0.3, -0.25) is 0 Å². The molecule has 4 rings (SSSR count). The first-order chi connectivity index (χ1) is 10.1. The molecule has 0 unspecified atom stereocenters. The van der Waals surface area contributed by atoms with Crippen LogP contribution in [0.5, 0.6) is 0 Å². The van der Waals surface area contributed by atoms with E-state index in [1.807, 2.05) is 4.57 Å². The lowest BCUT2D eigenvalue weighted by atomic mass is 9.80. The van der Waals surface area contributed by atoms with Gasteiger partial charge >= 0.3 is 0 Å². The summed E-state index contributed by atoms with van der Waals surface area (Å²) in [5.41, 5.74) is 0.225. The molecule has 0 atom stereocenters. The van der Waals surface area contributed by atoms with Crippen molar-refractivity contribution in [3.05, 3.63) is 12.0 Å². The van der Waals surface area contributed by atoms with Gasteiger partial charge in [0.1, 0.15) is 5.82 Å². The molecule has 1 aromatic rings. The standard InChI is InChI=1S/C14H22N4O2S/c19-21(20,13-11-15-12-3-1-2-8-18(12)13)17-9-5-14(6-10-17)4-7-16-14/h11,16H,1-10H2. The third-order valence-corrected chi connectivity index (χ3v) is 7.22. The molecule has 6 nitrogen and oxygen atoms in total. The van der Waals surface area contributed by atoms with E-state index in [2.05, 4.69) is 10.3 Å². The average Bonchev–Trinajstić information content (AvgIpc) is 2.90. The van der Waals surface area contributed by atoms with Crippen molar-refractivity contribution in [3.63, 3.8) is 0 Å². The monoisotopic (exact) mass is 310 g/mol. The molecular weight excluding hydrogens is 288 g/mol. The Balaban J connectivity index is 1.58. The second-order valence-electron chi connectivity index (χ2n) is 6.48. The second-order valence-corrected chi connectivity index (χ2v) is 8.37. The Morgan fingerprint density at radius 1 is 1.14 bits per heavy atom. The molecule has 0 aliphatic carbocycles. The predicted molar refractivity (Wildman–Crippen MR) is 78.5 cm³/mol. The number of piperidine rings is 1. The van der Waals surface area contributed by atoms with Crippen molar-refractivity contribution in [2.45, 2.75) is 55.6 Å². The van der Waals surface area contributed by atoms with E-state index in [9.17, 15) is 8.42 Å². The number of rotatable bonds is 2. The van der Waals surface area contributed by atoms with Crippen molar-refractivity contribution < 1.29 is 8.42 Å². The van der Waals surface area contributed by atoms with Gasteiger partial charge in [-0.05, 0) is 38.6 Å². The van der Waals surface area contributed by atoms with E-state index in [4.69, 9.17) is 0 Å². The Bertz CT molecular complexity index is 638. The summed E-state index contributed by atoms with van der Waals surface area (Å²) in [4.78, 5) is 4.32. The summed E-state index contributed by atoms with van der Waals surface area (Å²) in [6.07, 6.45) is 7.63. The smallest absolute Gasteiger partial charge is 0.260 e. The van der Waals surface area contributed by atoms with Crippen molar-refractivity contribution in [2.24, 2.45) is 0 Å². The quantitative estimate of drug-likeness (QED) is 0.875. The Hall–Kier alpha value is -0.920. The summed E-state index contributed by atoms with van der Waals surface area (Å²) in [6.45, 7) is 3.10. The van der Waals surface area contributed by atoms with Crippen molar-refractivity contribution in [1.82, 2.24) is 19.2 Å². The van der Waals surface area contributed by atoms with Gasteiger partial charge < -0.3 is 9.88 Å². The van der Waals surface area contributed by atoms with Crippen LogP contribution in [0.3, 0.4) is 0 Å². The van der Waals surface area contributed by atoms with E-state index in [0.29, 0.717) is 18.1 Å². The van der Waals surface area contributed by atoms with Gasteiger partial charge in [0, 0.05) is 31.6 Å². The van der Waals surface area contributed by atoms with Gasteiger partial charge in [-0.1, -0.05) is 0 Å². The minimum atomic E-state index is -3.39. The fourth-order valence-corrected chi connectivity index (χ4v) is 5.38. The van der Waals surface area contributed by atoms with E-state index in [-0.39, 0.29) is 5.54 Å². The molecule has 116 valence electrons. The number of sulfonamides is 1. The normalized spacial score (nSPS) is 25.5. The molecule has 21 heavy (non-hydrogen) atoms. The van der Waals surface area contributed by atoms with Crippen LogP contribution < -0.4 is 5.32 Å². The fraction of sp³-hybridized carbons (Fsp3) is 0.786. The molecule has 0 bridgehead atoms. The minimum absolute atomic E-state index is 0.225. The number of nitrogens with one attached hydrogen (secondary N) is 1. The van der Waals surface area contributed by atoms with E-state index >= 15 is 0 Å². The molecule has 1 spiro atoms.